The molecule has 0 nitrogen and oxygen atoms in total. The molecule has 0 N–H and O–H groups in total. The Hall–Kier alpha value is -3.00. The number of benzene rings is 4. The van der Waals surface area contributed by atoms with Gasteiger partial charge >= 0.3 is 0 Å². The normalized spacial score (nSPS) is 11.0. The van der Waals surface area contributed by atoms with E-state index in [-0.39, 0.29) is 11.6 Å². The molecule has 0 amide bonds. The molecule has 128 valence electrons. The van der Waals surface area contributed by atoms with Crippen LogP contribution in [0.3, 0.4) is 0 Å². The molecule has 0 spiro atoms. The number of hydrogen-bond donors (Lipinski definition) is 0. The van der Waals surface area contributed by atoms with Crippen molar-refractivity contribution in [1.29, 1.82) is 0 Å². The lowest BCUT2D eigenvalue weighted by Crippen LogP contribution is -1.94. The van der Waals surface area contributed by atoms with Crippen LogP contribution in [0, 0.1) is 11.6 Å². The van der Waals surface area contributed by atoms with Crippen molar-refractivity contribution in [1.82, 2.24) is 0 Å². The standard InChI is InChI=1S/C24H18F2/c25-22-7-3-6-21(16-22)23-13-11-18(15-24(23)26)9-8-17-10-12-19-4-1-2-5-20(19)14-17/h1-7,10-16H,8-9H2. The lowest BCUT2D eigenvalue weighted by atomic mass is 9.98. The monoisotopic (exact) mass is 344 g/mol. The molecule has 2 heteroatoms. The lowest BCUT2D eigenvalue weighted by Gasteiger charge is -2.08. The second-order valence-corrected chi connectivity index (χ2v) is 6.51. The number of hydrogen-bond acceptors (Lipinski definition) is 0. The van der Waals surface area contributed by atoms with Crippen molar-refractivity contribution in [2.75, 3.05) is 0 Å². The molecule has 0 heterocycles. The zero-order valence-electron chi connectivity index (χ0n) is 14.3. The van der Waals surface area contributed by atoms with E-state index in [1.54, 1.807) is 24.3 Å². The molecule has 0 atom stereocenters. The predicted molar refractivity (Wildman–Crippen MR) is 103 cm³/mol. The SMILES string of the molecule is Fc1cccc(-c2ccc(CCc3ccc4ccccc4c3)cc2F)c1. The molecule has 0 saturated heterocycles. The van der Waals surface area contributed by atoms with Crippen molar-refractivity contribution in [3.63, 3.8) is 0 Å². The Morgan fingerprint density at radius 3 is 2.08 bits per heavy atom. The molecule has 4 aromatic carbocycles. The van der Waals surface area contributed by atoms with Gasteiger partial charge < -0.3 is 0 Å². The van der Waals surface area contributed by atoms with Crippen LogP contribution in [0.15, 0.2) is 84.9 Å². The van der Waals surface area contributed by atoms with Crippen LogP contribution in [0.4, 0.5) is 8.78 Å². The third kappa shape index (κ3) is 3.50. The van der Waals surface area contributed by atoms with Gasteiger partial charge in [0.2, 0.25) is 0 Å². The summed E-state index contributed by atoms with van der Waals surface area (Å²) in [7, 11) is 0. The molecule has 0 aliphatic carbocycles. The molecule has 0 aliphatic rings. The highest BCUT2D eigenvalue weighted by Gasteiger charge is 2.07. The summed E-state index contributed by atoms with van der Waals surface area (Å²) in [6.07, 6.45) is 1.61. The molecule has 0 bridgehead atoms. The third-order valence-electron chi connectivity index (χ3n) is 4.69. The molecule has 0 saturated carbocycles. The molecule has 0 radical (unpaired) electrons. The molecule has 0 fully saturated rings. The van der Waals surface area contributed by atoms with Crippen molar-refractivity contribution >= 4 is 10.8 Å². The summed E-state index contributed by atoms with van der Waals surface area (Å²) in [5.41, 5.74) is 3.16. The quantitative estimate of drug-likeness (QED) is 0.393. The molecule has 0 unspecified atom stereocenters. The topological polar surface area (TPSA) is 0 Å². The van der Waals surface area contributed by atoms with Gasteiger partial charge in [-0.1, -0.05) is 66.7 Å². The fourth-order valence-electron chi connectivity index (χ4n) is 3.29. The number of fused-ring (bicyclic) bond motifs is 1. The van der Waals surface area contributed by atoms with E-state index in [0.29, 0.717) is 11.1 Å². The first-order valence-corrected chi connectivity index (χ1v) is 8.71. The Morgan fingerprint density at radius 2 is 1.31 bits per heavy atom. The van der Waals surface area contributed by atoms with Crippen molar-refractivity contribution in [3.05, 3.63) is 108 Å². The van der Waals surface area contributed by atoms with Gasteiger partial charge in [0.25, 0.3) is 0 Å². The average molecular weight is 344 g/mol. The van der Waals surface area contributed by atoms with Crippen LogP contribution in [-0.4, -0.2) is 0 Å². The Kier molecular flexibility index (Phi) is 4.49. The van der Waals surface area contributed by atoms with Crippen molar-refractivity contribution in [2.24, 2.45) is 0 Å². The van der Waals surface area contributed by atoms with E-state index < -0.39 is 0 Å². The summed E-state index contributed by atoms with van der Waals surface area (Å²) in [6, 6.07) is 25.9. The minimum Gasteiger partial charge on any atom is -0.207 e. The number of aryl methyl sites for hydroxylation is 2. The fraction of sp³-hybridized carbons (Fsp3) is 0.0833. The van der Waals surface area contributed by atoms with Gasteiger partial charge in [0.1, 0.15) is 11.6 Å². The van der Waals surface area contributed by atoms with Crippen molar-refractivity contribution in [3.8, 4) is 11.1 Å². The van der Waals surface area contributed by atoms with Gasteiger partial charge in [-0.2, -0.15) is 0 Å². The van der Waals surface area contributed by atoms with Gasteiger partial charge in [0.15, 0.2) is 0 Å². The highest BCUT2D eigenvalue weighted by Crippen LogP contribution is 2.25. The predicted octanol–water partition coefficient (Wildman–Crippen LogP) is 6.57. The zero-order valence-corrected chi connectivity index (χ0v) is 14.3. The van der Waals surface area contributed by atoms with E-state index in [4.69, 9.17) is 0 Å². The summed E-state index contributed by atoms with van der Waals surface area (Å²) < 4.78 is 27.8. The maximum absolute atomic E-state index is 14.5. The molecular weight excluding hydrogens is 326 g/mol. The second-order valence-electron chi connectivity index (χ2n) is 6.51. The molecule has 0 aliphatic heterocycles. The summed E-state index contributed by atoms with van der Waals surface area (Å²) in [5.74, 6) is -0.672. The first kappa shape index (κ1) is 16.5. The Morgan fingerprint density at radius 1 is 0.577 bits per heavy atom. The maximum Gasteiger partial charge on any atom is 0.131 e. The second kappa shape index (κ2) is 7.09. The summed E-state index contributed by atoms with van der Waals surface area (Å²) >= 11 is 0. The zero-order chi connectivity index (χ0) is 17.9. The van der Waals surface area contributed by atoms with Crippen LogP contribution < -0.4 is 0 Å². The summed E-state index contributed by atoms with van der Waals surface area (Å²) in [6.45, 7) is 0. The smallest absolute Gasteiger partial charge is 0.131 e. The van der Waals surface area contributed by atoms with Gasteiger partial charge in [0.05, 0.1) is 0 Å². The molecular formula is C24H18F2. The highest BCUT2D eigenvalue weighted by molar-refractivity contribution is 5.83. The van der Waals surface area contributed by atoms with E-state index in [9.17, 15) is 8.78 Å². The Bertz CT molecular complexity index is 1070. The summed E-state index contributed by atoms with van der Waals surface area (Å²) in [4.78, 5) is 0. The van der Waals surface area contributed by atoms with Crippen LogP contribution in [0.1, 0.15) is 11.1 Å². The van der Waals surface area contributed by atoms with Gasteiger partial charge in [-0.3, -0.25) is 0 Å². The van der Waals surface area contributed by atoms with Gasteiger partial charge in [-0.25, -0.2) is 8.78 Å². The first-order valence-electron chi connectivity index (χ1n) is 8.71. The minimum atomic E-state index is -0.359. The molecule has 4 aromatic rings. The largest absolute Gasteiger partial charge is 0.207 e. The van der Waals surface area contributed by atoms with Crippen LogP contribution in [0.25, 0.3) is 21.9 Å². The van der Waals surface area contributed by atoms with E-state index >= 15 is 0 Å². The van der Waals surface area contributed by atoms with E-state index in [1.165, 1.54) is 28.5 Å². The summed E-state index contributed by atoms with van der Waals surface area (Å²) in [5, 5.41) is 2.44. The molecule has 26 heavy (non-hydrogen) atoms. The van der Waals surface area contributed by atoms with Crippen LogP contribution in [-0.2, 0) is 12.8 Å². The third-order valence-corrected chi connectivity index (χ3v) is 4.69. The molecule has 0 aromatic heterocycles. The van der Waals surface area contributed by atoms with Crippen LogP contribution in [0.2, 0.25) is 0 Å². The van der Waals surface area contributed by atoms with Crippen LogP contribution >= 0.6 is 0 Å². The van der Waals surface area contributed by atoms with E-state index in [1.807, 2.05) is 18.2 Å². The fourth-order valence-corrected chi connectivity index (χ4v) is 3.29. The van der Waals surface area contributed by atoms with Crippen molar-refractivity contribution in [2.45, 2.75) is 12.8 Å². The highest BCUT2D eigenvalue weighted by atomic mass is 19.1. The van der Waals surface area contributed by atoms with Gasteiger partial charge in [-0.05, 0) is 58.5 Å². The maximum atomic E-state index is 14.5. The average Bonchev–Trinajstić information content (AvgIpc) is 2.66. The van der Waals surface area contributed by atoms with Gasteiger partial charge in [-0.15, -0.1) is 0 Å². The van der Waals surface area contributed by atoms with Crippen molar-refractivity contribution < 1.29 is 8.78 Å². The van der Waals surface area contributed by atoms with E-state index in [0.717, 1.165) is 18.4 Å². The number of halogens is 2. The Labute approximate surface area is 151 Å². The lowest BCUT2D eigenvalue weighted by molar-refractivity contribution is 0.623. The number of rotatable bonds is 4. The molecule has 4 rings (SSSR count). The first-order chi connectivity index (χ1) is 12.7. The minimum absolute atomic E-state index is 0.313. The van der Waals surface area contributed by atoms with Gasteiger partial charge in [0, 0.05) is 5.56 Å². The van der Waals surface area contributed by atoms with E-state index in [2.05, 4.69) is 30.3 Å². The Balaban J connectivity index is 1.52. The van der Waals surface area contributed by atoms with Crippen LogP contribution in [0.5, 0.6) is 0 Å².